The van der Waals surface area contributed by atoms with Crippen LogP contribution in [-0.2, 0) is 0 Å². The second kappa shape index (κ2) is 4.26. The number of aliphatic hydroxyl groups is 1. The fraction of sp³-hybridized carbons (Fsp3) is 0.286. The Balaban J connectivity index is 2.68. The molecular formula is C7H7N3O2. The third-order valence-electron chi connectivity index (χ3n) is 1.10. The molecule has 0 radical (unpaired) electrons. The molecule has 0 aliphatic carbocycles. The first-order valence-corrected chi connectivity index (χ1v) is 3.32. The van der Waals surface area contributed by atoms with Crippen molar-refractivity contribution in [1.29, 1.82) is 5.26 Å². The Hall–Kier alpha value is -1.67. The Morgan fingerprint density at radius 3 is 3.08 bits per heavy atom. The van der Waals surface area contributed by atoms with E-state index in [0.29, 0.717) is 5.88 Å². The van der Waals surface area contributed by atoms with Crippen LogP contribution in [0.1, 0.15) is 5.69 Å². The van der Waals surface area contributed by atoms with Crippen molar-refractivity contribution in [2.75, 3.05) is 13.2 Å². The van der Waals surface area contributed by atoms with E-state index in [0.717, 1.165) is 0 Å². The number of rotatable bonds is 3. The van der Waals surface area contributed by atoms with Crippen molar-refractivity contribution in [2.45, 2.75) is 0 Å². The van der Waals surface area contributed by atoms with Crippen LogP contribution in [0.15, 0.2) is 12.4 Å². The summed E-state index contributed by atoms with van der Waals surface area (Å²) in [5.74, 6) is 0.301. The molecule has 1 heterocycles. The van der Waals surface area contributed by atoms with E-state index in [9.17, 15) is 0 Å². The fourth-order valence-electron chi connectivity index (χ4n) is 0.630. The number of aliphatic hydroxyl groups excluding tert-OH is 1. The molecule has 0 spiro atoms. The molecule has 0 bridgehead atoms. The minimum Gasteiger partial charge on any atom is -0.475 e. The predicted octanol–water partition coefficient (Wildman–Crippen LogP) is -0.281. The van der Waals surface area contributed by atoms with Gasteiger partial charge >= 0.3 is 0 Å². The first-order valence-electron chi connectivity index (χ1n) is 3.32. The van der Waals surface area contributed by atoms with Crippen molar-refractivity contribution in [3.05, 3.63) is 18.1 Å². The predicted molar refractivity (Wildman–Crippen MR) is 39.3 cm³/mol. The molecule has 0 unspecified atom stereocenters. The Kier molecular flexibility index (Phi) is 2.99. The lowest BCUT2D eigenvalue weighted by Crippen LogP contribution is -2.03. The van der Waals surface area contributed by atoms with Gasteiger partial charge in [0.2, 0.25) is 5.88 Å². The molecule has 1 aromatic rings. The van der Waals surface area contributed by atoms with Crippen LogP contribution in [0.2, 0.25) is 0 Å². The lowest BCUT2D eigenvalue weighted by atomic mass is 10.4. The quantitative estimate of drug-likeness (QED) is 0.666. The number of hydrogen-bond acceptors (Lipinski definition) is 5. The summed E-state index contributed by atoms with van der Waals surface area (Å²) in [4.78, 5) is 7.38. The molecule has 1 rings (SSSR count). The van der Waals surface area contributed by atoms with Gasteiger partial charge in [-0.3, -0.25) is 0 Å². The van der Waals surface area contributed by atoms with Crippen LogP contribution in [0.5, 0.6) is 5.88 Å². The molecule has 0 aliphatic heterocycles. The van der Waals surface area contributed by atoms with E-state index in [1.807, 2.05) is 6.07 Å². The lowest BCUT2D eigenvalue weighted by molar-refractivity contribution is 0.196. The van der Waals surface area contributed by atoms with Crippen molar-refractivity contribution >= 4 is 0 Å². The van der Waals surface area contributed by atoms with Crippen LogP contribution in [0, 0.1) is 11.3 Å². The first kappa shape index (κ1) is 8.43. The maximum atomic E-state index is 8.44. The second-order valence-corrected chi connectivity index (χ2v) is 1.93. The molecule has 0 saturated heterocycles. The van der Waals surface area contributed by atoms with Gasteiger partial charge in [0.1, 0.15) is 24.7 Å². The van der Waals surface area contributed by atoms with E-state index < -0.39 is 0 Å². The molecule has 1 aromatic heterocycles. The van der Waals surface area contributed by atoms with Crippen molar-refractivity contribution < 1.29 is 9.84 Å². The second-order valence-electron chi connectivity index (χ2n) is 1.93. The average Bonchev–Trinajstić information content (AvgIpc) is 2.15. The molecule has 0 atom stereocenters. The van der Waals surface area contributed by atoms with Crippen molar-refractivity contribution in [2.24, 2.45) is 0 Å². The number of nitrogens with zero attached hydrogens (tertiary/aromatic N) is 3. The third-order valence-corrected chi connectivity index (χ3v) is 1.10. The summed E-state index contributed by atoms with van der Waals surface area (Å²) in [6, 6.07) is 3.26. The van der Waals surface area contributed by atoms with Crippen LogP contribution in [0.4, 0.5) is 0 Å². The summed E-state index contributed by atoms with van der Waals surface area (Å²) in [5.41, 5.74) is 0.248. The van der Waals surface area contributed by atoms with Crippen LogP contribution in [0.3, 0.4) is 0 Å². The standard InChI is InChI=1S/C7H7N3O2/c8-4-6-3-7(10-5-9-6)12-2-1-11/h3,5,11H,1-2H2. The molecule has 12 heavy (non-hydrogen) atoms. The molecular weight excluding hydrogens is 158 g/mol. The van der Waals surface area contributed by atoms with Gasteiger partial charge in [-0.1, -0.05) is 0 Å². The number of nitriles is 1. The molecule has 0 aliphatic rings. The van der Waals surface area contributed by atoms with Gasteiger partial charge in [0, 0.05) is 6.07 Å². The van der Waals surface area contributed by atoms with Gasteiger partial charge in [0.25, 0.3) is 0 Å². The van der Waals surface area contributed by atoms with Gasteiger partial charge in [-0.2, -0.15) is 5.26 Å². The number of hydrogen-bond donors (Lipinski definition) is 1. The summed E-state index contributed by atoms with van der Waals surface area (Å²) < 4.78 is 4.95. The monoisotopic (exact) mass is 165 g/mol. The molecule has 0 saturated carbocycles. The summed E-state index contributed by atoms with van der Waals surface area (Å²) in [6.07, 6.45) is 1.24. The van der Waals surface area contributed by atoms with E-state index >= 15 is 0 Å². The highest BCUT2D eigenvalue weighted by molar-refractivity contribution is 5.23. The van der Waals surface area contributed by atoms with Crippen LogP contribution in [-0.4, -0.2) is 28.3 Å². The molecule has 0 fully saturated rings. The largest absolute Gasteiger partial charge is 0.475 e. The van der Waals surface area contributed by atoms with Gasteiger partial charge in [-0.25, -0.2) is 9.97 Å². The van der Waals surface area contributed by atoms with Crippen LogP contribution < -0.4 is 4.74 Å². The van der Waals surface area contributed by atoms with E-state index in [2.05, 4.69) is 9.97 Å². The average molecular weight is 165 g/mol. The van der Waals surface area contributed by atoms with Gasteiger partial charge in [-0.05, 0) is 0 Å². The van der Waals surface area contributed by atoms with E-state index in [-0.39, 0.29) is 18.9 Å². The summed E-state index contributed by atoms with van der Waals surface area (Å²) in [6.45, 7) is 0.0910. The highest BCUT2D eigenvalue weighted by Crippen LogP contribution is 2.04. The molecule has 5 nitrogen and oxygen atoms in total. The Morgan fingerprint density at radius 1 is 1.58 bits per heavy atom. The number of aromatic nitrogens is 2. The van der Waals surface area contributed by atoms with Gasteiger partial charge < -0.3 is 9.84 Å². The van der Waals surface area contributed by atoms with Crippen molar-refractivity contribution in [3.63, 3.8) is 0 Å². The SMILES string of the molecule is N#Cc1cc(OCCO)ncn1. The molecule has 62 valence electrons. The van der Waals surface area contributed by atoms with Crippen LogP contribution in [0.25, 0.3) is 0 Å². The van der Waals surface area contributed by atoms with Gasteiger partial charge in [0.05, 0.1) is 6.61 Å². The van der Waals surface area contributed by atoms with E-state index in [1.165, 1.54) is 12.4 Å². The maximum Gasteiger partial charge on any atom is 0.217 e. The number of ether oxygens (including phenoxy) is 1. The fourth-order valence-corrected chi connectivity index (χ4v) is 0.630. The normalized spacial score (nSPS) is 9.00. The zero-order valence-electron chi connectivity index (χ0n) is 6.27. The summed E-state index contributed by atoms with van der Waals surface area (Å²) in [7, 11) is 0. The Morgan fingerprint density at radius 2 is 2.42 bits per heavy atom. The first-order chi connectivity index (χ1) is 5.86. The maximum absolute atomic E-state index is 8.44. The lowest BCUT2D eigenvalue weighted by Gasteiger charge is -2.00. The van der Waals surface area contributed by atoms with E-state index in [1.54, 1.807) is 0 Å². The highest BCUT2D eigenvalue weighted by atomic mass is 16.5. The Bertz CT molecular complexity index is 295. The van der Waals surface area contributed by atoms with Gasteiger partial charge in [-0.15, -0.1) is 0 Å². The zero-order valence-corrected chi connectivity index (χ0v) is 6.27. The molecule has 0 amide bonds. The van der Waals surface area contributed by atoms with Crippen molar-refractivity contribution in [1.82, 2.24) is 9.97 Å². The van der Waals surface area contributed by atoms with Crippen LogP contribution >= 0.6 is 0 Å². The van der Waals surface area contributed by atoms with Crippen molar-refractivity contribution in [3.8, 4) is 11.9 Å². The Labute approximate surface area is 69.3 Å². The minimum atomic E-state index is -0.0775. The van der Waals surface area contributed by atoms with E-state index in [4.69, 9.17) is 15.1 Å². The molecule has 1 N–H and O–H groups in total. The molecule has 0 aromatic carbocycles. The topological polar surface area (TPSA) is 79.0 Å². The highest BCUT2D eigenvalue weighted by Gasteiger charge is 1.96. The molecule has 5 heteroatoms. The summed E-state index contributed by atoms with van der Waals surface area (Å²) in [5, 5.41) is 16.9. The smallest absolute Gasteiger partial charge is 0.217 e. The zero-order chi connectivity index (χ0) is 8.81. The van der Waals surface area contributed by atoms with Gasteiger partial charge in [0.15, 0.2) is 0 Å². The summed E-state index contributed by atoms with van der Waals surface area (Å²) >= 11 is 0. The third kappa shape index (κ3) is 2.18. The minimum absolute atomic E-state index is 0.0775.